The number of esters is 1. The summed E-state index contributed by atoms with van der Waals surface area (Å²) < 4.78 is 72.8. The molecule has 2 aromatic rings. The van der Waals surface area contributed by atoms with E-state index in [-0.39, 0.29) is 21.8 Å². The van der Waals surface area contributed by atoms with Crippen molar-refractivity contribution < 1.29 is 49.6 Å². The second kappa shape index (κ2) is 10.5. The summed E-state index contributed by atoms with van der Waals surface area (Å²) in [5, 5.41) is 4.27. The predicted molar refractivity (Wildman–Crippen MR) is 110 cm³/mol. The van der Waals surface area contributed by atoms with Crippen molar-refractivity contribution in [2.75, 3.05) is 14.2 Å². The monoisotopic (exact) mass is 522 g/mol. The van der Waals surface area contributed by atoms with Crippen LogP contribution in [0.4, 0.5) is 18.0 Å². The van der Waals surface area contributed by atoms with Crippen LogP contribution in [-0.4, -0.2) is 56.8 Å². The number of halogens is 4. The lowest BCUT2D eigenvalue weighted by molar-refractivity contribution is -0.157. The van der Waals surface area contributed by atoms with E-state index in [1.807, 2.05) is 0 Å². The van der Waals surface area contributed by atoms with Gasteiger partial charge in [0, 0.05) is 16.1 Å². The van der Waals surface area contributed by atoms with Crippen LogP contribution in [0.5, 0.6) is 5.75 Å². The molecule has 182 valence electrons. The second-order valence-corrected chi connectivity index (χ2v) is 8.02. The summed E-state index contributed by atoms with van der Waals surface area (Å²) in [6, 6.07) is 9.70. The fraction of sp³-hybridized carbons (Fsp3) is 0.158. The lowest BCUT2D eigenvalue weighted by Crippen LogP contribution is -2.39. The molecule has 2 aromatic carbocycles. The van der Waals surface area contributed by atoms with Crippen LogP contribution in [-0.2, 0) is 29.2 Å². The zero-order chi connectivity index (χ0) is 25.7. The van der Waals surface area contributed by atoms with Gasteiger partial charge in [0.25, 0.3) is 0 Å². The quantitative estimate of drug-likeness (QED) is 0.146. The summed E-state index contributed by atoms with van der Waals surface area (Å²) in [6.07, 6.45) is -1.35. The van der Waals surface area contributed by atoms with Crippen LogP contribution in [0.15, 0.2) is 53.6 Å². The summed E-state index contributed by atoms with van der Waals surface area (Å²) >= 11 is 5.87. The molecule has 15 heteroatoms. The molecule has 0 saturated carbocycles. The highest BCUT2D eigenvalue weighted by Crippen LogP contribution is 2.27. The fourth-order valence-electron chi connectivity index (χ4n) is 2.26. The number of ether oxygens (including phenoxy) is 2. The summed E-state index contributed by atoms with van der Waals surface area (Å²) in [6.45, 7) is 0. The number of benzene rings is 2. The van der Waals surface area contributed by atoms with Gasteiger partial charge in [-0.1, -0.05) is 23.7 Å². The van der Waals surface area contributed by atoms with E-state index in [9.17, 15) is 36.0 Å². The minimum absolute atomic E-state index is 0.0747. The van der Waals surface area contributed by atoms with E-state index >= 15 is 0 Å². The van der Waals surface area contributed by atoms with Crippen LogP contribution in [0.25, 0.3) is 0 Å². The van der Waals surface area contributed by atoms with E-state index < -0.39 is 39.3 Å². The Morgan fingerprint density at radius 2 is 1.41 bits per heavy atom. The topological polar surface area (TPSA) is 129 Å². The number of carbonyl (C=O) groups is 3. The number of methoxy groups -OCH3 is 2. The van der Waals surface area contributed by atoms with Crippen LogP contribution < -0.4 is 4.18 Å². The maximum atomic E-state index is 12.5. The molecule has 0 bridgehead atoms. The third-order valence-corrected chi connectivity index (χ3v) is 5.07. The van der Waals surface area contributed by atoms with Gasteiger partial charge in [0.2, 0.25) is 0 Å². The van der Waals surface area contributed by atoms with Crippen molar-refractivity contribution in [3.8, 4) is 5.75 Å². The molecule has 2 rings (SSSR count). The first-order valence-corrected chi connectivity index (χ1v) is 10.6. The van der Waals surface area contributed by atoms with Gasteiger partial charge in [0.15, 0.2) is 0 Å². The van der Waals surface area contributed by atoms with Gasteiger partial charge in [-0.2, -0.15) is 26.7 Å². The highest BCUT2D eigenvalue weighted by molar-refractivity contribution is 7.88. The second-order valence-electron chi connectivity index (χ2n) is 6.04. The van der Waals surface area contributed by atoms with Crippen LogP contribution in [0.3, 0.4) is 0 Å². The van der Waals surface area contributed by atoms with Gasteiger partial charge >= 0.3 is 33.6 Å². The van der Waals surface area contributed by atoms with E-state index in [1.165, 1.54) is 24.3 Å². The normalized spacial score (nSPS) is 12.0. The fourth-order valence-corrected chi connectivity index (χ4v) is 2.85. The summed E-state index contributed by atoms with van der Waals surface area (Å²) in [5.41, 5.74) is -5.47. The molecule has 34 heavy (non-hydrogen) atoms. The number of hydrogen-bond acceptors (Lipinski definition) is 9. The van der Waals surface area contributed by atoms with Crippen molar-refractivity contribution in [2.24, 2.45) is 5.10 Å². The number of alkyl halides is 3. The van der Waals surface area contributed by atoms with Gasteiger partial charge in [-0.3, -0.25) is 4.79 Å². The van der Waals surface area contributed by atoms with Crippen molar-refractivity contribution in [3.63, 3.8) is 0 Å². The Labute approximate surface area is 195 Å². The average molecular weight is 523 g/mol. The summed E-state index contributed by atoms with van der Waals surface area (Å²) in [5.74, 6) is -3.62. The molecule has 0 N–H and O–H groups in total. The summed E-state index contributed by atoms with van der Waals surface area (Å²) in [4.78, 5) is 36.0. The molecule has 0 spiro atoms. The Morgan fingerprint density at radius 3 is 1.85 bits per heavy atom. The number of hydrazone groups is 1. The van der Waals surface area contributed by atoms with Crippen LogP contribution in [0.2, 0.25) is 5.02 Å². The zero-order valence-electron chi connectivity index (χ0n) is 17.2. The Kier molecular flexibility index (Phi) is 8.23. The van der Waals surface area contributed by atoms with Crippen molar-refractivity contribution in [1.82, 2.24) is 5.01 Å². The lowest BCUT2D eigenvalue weighted by atomic mass is 10.0. The van der Waals surface area contributed by atoms with Gasteiger partial charge in [0.05, 0.1) is 19.9 Å². The van der Waals surface area contributed by atoms with Crippen LogP contribution >= 0.6 is 11.6 Å². The van der Waals surface area contributed by atoms with E-state index in [4.69, 9.17) is 11.6 Å². The van der Waals surface area contributed by atoms with Crippen LogP contribution in [0, 0.1) is 0 Å². The Bertz CT molecular complexity index is 1210. The Hall–Kier alpha value is -3.65. The summed E-state index contributed by atoms with van der Waals surface area (Å²) in [7, 11) is -4.09. The molecule has 0 aliphatic rings. The van der Waals surface area contributed by atoms with Gasteiger partial charge in [-0.05, 0) is 36.4 Å². The third kappa shape index (κ3) is 6.23. The lowest BCUT2D eigenvalue weighted by Gasteiger charge is -2.16. The average Bonchev–Trinajstić information content (AvgIpc) is 2.79. The van der Waals surface area contributed by atoms with Crippen molar-refractivity contribution >= 4 is 45.4 Å². The standard InChI is InChI=1S/C19H14ClF3N2O8S/c1-31-17(27)16(26)25(18(28)32-2)24-15(11-3-7-13(20)8-4-11)12-5-9-14(10-6-12)33-34(29,30)19(21,22)23/h3-10H,1-2H3. The number of imide groups is 1. The molecule has 0 atom stereocenters. The first kappa shape index (κ1) is 26.6. The van der Waals surface area contributed by atoms with Crippen molar-refractivity contribution in [2.45, 2.75) is 5.51 Å². The third-order valence-electron chi connectivity index (χ3n) is 3.83. The minimum Gasteiger partial charge on any atom is -0.462 e. The first-order valence-electron chi connectivity index (χ1n) is 8.76. The van der Waals surface area contributed by atoms with Gasteiger partial charge in [-0.15, -0.1) is 5.01 Å². The highest BCUT2D eigenvalue weighted by atomic mass is 35.5. The number of carbonyl (C=O) groups excluding carboxylic acids is 3. The van der Waals surface area contributed by atoms with Gasteiger partial charge in [0.1, 0.15) is 5.75 Å². The molecule has 0 saturated heterocycles. The molecule has 0 fully saturated rings. The molecule has 0 radical (unpaired) electrons. The smallest absolute Gasteiger partial charge is 0.462 e. The SMILES string of the molecule is COC(=O)C(=O)N(N=C(c1ccc(Cl)cc1)c1ccc(OS(=O)(=O)C(F)(F)F)cc1)C(=O)OC. The number of hydrogen-bond donors (Lipinski definition) is 0. The maximum absolute atomic E-state index is 12.5. The number of amides is 2. The Balaban J connectivity index is 2.59. The number of nitrogens with zero attached hydrogens (tertiary/aromatic N) is 2. The zero-order valence-corrected chi connectivity index (χ0v) is 18.8. The van der Waals surface area contributed by atoms with E-state index in [0.29, 0.717) is 5.02 Å². The molecule has 0 aliphatic carbocycles. The molecule has 2 amide bonds. The van der Waals surface area contributed by atoms with E-state index in [0.717, 1.165) is 38.5 Å². The predicted octanol–water partition coefficient (Wildman–Crippen LogP) is 3.09. The van der Waals surface area contributed by atoms with E-state index in [2.05, 4.69) is 18.8 Å². The van der Waals surface area contributed by atoms with Crippen molar-refractivity contribution in [3.05, 3.63) is 64.7 Å². The minimum atomic E-state index is -5.91. The molecule has 0 aromatic heterocycles. The molecule has 10 nitrogen and oxygen atoms in total. The molecule has 0 heterocycles. The molecule has 0 unspecified atom stereocenters. The van der Waals surface area contributed by atoms with E-state index in [1.54, 1.807) is 0 Å². The highest BCUT2D eigenvalue weighted by Gasteiger charge is 2.48. The largest absolute Gasteiger partial charge is 0.534 e. The van der Waals surface area contributed by atoms with Gasteiger partial charge in [-0.25, -0.2) is 9.59 Å². The first-order chi connectivity index (χ1) is 15.8. The molecule has 0 aliphatic heterocycles. The van der Waals surface area contributed by atoms with Crippen molar-refractivity contribution in [1.29, 1.82) is 0 Å². The molecular formula is C19H14ClF3N2O8S. The maximum Gasteiger partial charge on any atom is 0.534 e. The van der Waals surface area contributed by atoms with Gasteiger partial charge < -0.3 is 13.7 Å². The molecular weight excluding hydrogens is 509 g/mol. The number of rotatable bonds is 5. The van der Waals surface area contributed by atoms with Crippen LogP contribution in [0.1, 0.15) is 11.1 Å². The Morgan fingerprint density at radius 1 is 0.912 bits per heavy atom.